The third kappa shape index (κ3) is 7.63. The third-order valence-corrected chi connectivity index (χ3v) is 9.01. The van der Waals surface area contributed by atoms with E-state index in [1.165, 1.54) is 11.3 Å². The number of alkyl halides is 2. The Balaban J connectivity index is 1.18. The molecule has 0 aromatic carbocycles. The fourth-order valence-electron chi connectivity index (χ4n) is 5.00. The molecular formula is C27H38F2N6O4S2. The zero-order valence-electron chi connectivity index (χ0n) is 23.5. The minimum absolute atomic E-state index is 0.0170. The van der Waals surface area contributed by atoms with E-state index in [0.717, 1.165) is 47.4 Å². The third-order valence-electron chi connectivity index (χ3n) is 7.58. The fourth-order valence-corrected chi connectivity index (χ4v) is 6.45. The maximum Gasteiger partial charge on any atom is 0.410 e. The summed E-state index contributed by atoms with van der Waals surface area (Å²) in [5.41, 5.74) is 6.58. The summed E-state index contributed by atoms with van der Waals surface area (Å²) in [6.45, 7) is 4.65. The van der Waals surface area contributed by atoms with Crippen LogP contribution in [0.3, 0.4) is 0 Å². The molecule has 2 saturated carbocycles. The van der Waals surface area contributed by atoms with E-state index >= 15 is 0 Å². The molecule has 10 nitrogen and oxygen atoms in total. The molecule has 1 unspecified atom stereocenters. The summed E-state index contributed by atoms with van der Waals surface area (Å²) in [6, 6.07) is -1.49. The van der Waals surface area contributed by atoms with Crippen molar-refractivity contribution >= 4 is 51.6 Å². The Bertz CT molecular complexity index is 1210. The summed E-state index contributed by atoms with van der Waals surface area (Å²) in [6.07, 6.45) is 5.13. The van der Waals surface area contributed by atoms with Crippen molar-refractivity contribution in [2.45, 2.75) is 89.3 Å². The first-order valence-electron chi connectivity index (χ1n) is 14.2. The van der Waals surface area contributed by atoms with Gasteiger partial charge in [-0.15, -0.1) is 11.3 Å². The van der Waals surface area contributed by atoms with Gasteiger partial charge >= 0.3 is 6.09 Å². The van der Waals surface area contributed by atoms with Crippen molar-refractivity contribution in [3.63, 3.8) is 0 Å². The minimum Gasteiger partial charge on any atom is -0.444 e. The van der Waals surface area contributed by atoms with Crippen molar-refractivity contribution in [3.8, 4) is 0 Å². The number of hydrogen-bond donors (Lipinski definition) is 5. The largest absolute Gasteiger partial charge is 0.444 e. The number of likely N-dealkylation sites (tertiary alicyclic amines) is 1. The Kier molecular flexibility index (Phi) is 8.46. The highest BCUT2D eigenvalue weighted by Gasteiger charge is 2.51. The van der Waals surface area contributed by atoms with Gasteiger partial charge in [0.1, 0.15) is 16.6 Å². The van der Waals surface area contributed by atoms with E-state index in [0.29, 0.717) is 35.9 Å². The highest BCUT2D eigenvalue weighted by molar-refractivity contribution is 7.80. The van der Waals surface area contributed by atoms with Crippen LogP contribution in [0.2, 0.25) is 0 Å². The van der Waals surface area contributed by atoms with E-state index in [9.17, 15) is 23.2 Å². The number of nitrogens with zero attached hydrogens (tertiary/aromatic N) is 1. The quantitative estimate of drug-likeness (QED) is 0.224. The lowest BCUT2D eigenvalue weighted by Crippen LogP contribution is -2.55. The van der Waals surface area contributed by atoms with Gasteiger partial charge in [-0.3, -0.25) is 19.9 Å². The molecule has 3 amide bonds. The summed E-state index contributed by atoms with van der Waals surface area (Å²) < 4.78 is 34.6. The normalized spacial score (nSPS) is 23.4. The highest BCUT2D eigenvalue weighted by atomic mass is 32.1. The van der Waals surface area contributed by atoms with E-state index in [1.54, 1.807) is 20.8 Å². The molecule has 1 aliphatic heterocycles. The molecular weight excluding hydrogens is 574 g/mol. The summed E-state index contributed by atoms with van der Waals surface area (Å²) in [7, 11) is 0. The molecule has 0 radical (unpaired) electrons. The average Bonchev–Trinajstić information content (AvgIpc) is 3.80. The van der Waals surface area contributed by atoms with Crippen LogP contribution in [0.1, 0.15) is 73.7 Å². The number of hydrogen-bond acceptors (Lipinski definition) is 7. The Morgan fingerprint density at radius 1 is 1.15 bits per heavy atom. The first kappa shape index (κ1) is 29.9. The van der Waals surface area contributed by atoms with Crippen LogP contribution in [0.4, 0.5) is 18.6 Å². The summed E-state index contributed by atoms with van der Waals surface area (Å²) in [4.78, 5) is 40.1. The van der Waals surface area contributed by atoms with Gasteiger partial charge in [0.2, 0.25) is 5.91 Å². The Labute approximate surface area is 247 Å². The molecule has 5 N–H and O–H groups in total. The number of aryl methyl sites for hydroxylation is 1. The number of anilines is 1. The predicted octanol–water partition coefficient (Wildman–Crippen LogP) is 3.32. The molecule has 3 fully saturated rings. The molecule has 5 rings (SSSR count). The molecule has 1 aromatic heterocycles. The van der Waals surface area contributed by atoms with E-state index in [4.69, 9.17) is 17.0 Å². The second kappa shape index (κ2) is 11.6. The first-order valence-corrected chi connectivity index (χ1v) is 15.4. The lowest BCUT2D eigenvalue weighted by atomic mass is 9.91. The van der Waals surface area contributed by atoms with Gasteiger partial charge in [-0.2, -0.15) is 0 Å². The Hall–Kier alpha value is -2.58. The number of halogens is 2. The summed E-state index contributed by atoms with van der Waals surface area (Å²) >= 11 is 6.75. The predicted molar refractivity (Wildman–Crippen MR) is 155 cm³/mol. The van der Waals surface area contributed by atoms with Crippen LogP contribution in [0, 0.1) is 11.8 Å². The topological polar surface area (TPSA) is 124 Å². The number of amides is 3. The molecule has 1 aromatic rings. The van der Waals surface area contributed by atoms with Gasteiger partial charge in [-0.25, -0.2) is 19.0 Å². The van der Waals surface area contributed by atoms with Crippen LogP contribution >= 0.6 is 23.6 Å². The van der Waals surface area contributed by atoms with Gasteiger partial charge in [0, 0.05) is 23.4 Å². The summed E-state index contributed by atoms with van der Waals surface area (Å²) in [5.74, 6) is -2.87. The molecule has 2 atom stereocenters. The SMILES string of the molecule is CC(C)(C)OC(=O)N1CC(NC(=S)NN[C@H]2CCc3sc(NC(=O)C4CC4)c(C(=O)NCC4CC4)c3C2)C(F)(F)C1. The van der Waals surface area contributed by atoms with Crippen LogP contribution in [0.15, 0.2) is 0 Å². The molecule has 226 valence electrons. The van der Waals surface area contributed by atoms with Gasteiger partial charge in [0.05, 0.1) is 18.7 Å². The first-order chi connectivity index (χ1) is 19.3. The van der Waals surface area contributed by atoms with Crippen LogP contribution in [0.25, 0.3) is 0 Å². The Morgan fingerprint density at radius 2 is 1.88 bits per heavy atom. The lowest BCUT2D eigenvalue weighted by molar-refractivity contribution is -0.117. The molecule has 1 saturated heterocycles. The molecule has 0 spiro atoms. The number of carbonyl (C=O) groups is 3. The van der Waals surface area contributed by atoms with Crippen molar-refractivity contribution < 1.29 is 27.9 Å². The zero-order valence-corrected chi connectivity index (χ0v) is 25.2. The highest BCUT2D eigenvalue weighted by Crippen LogP contribution is 2.40. The molecule has 2 heterocycles. The molecule has 0 bridgehead atoms. The number of fused-ring (bicyclic) bond motifs is 1. The monoisotopic (exact) mass is 612 g/mol. The molecule has 14 heteroatoms. The van der Waals surface area contributed by atoms with Crippen molar-refractivity contribution in [1.82, 2.24) is 26.4 Å². The van der Waals surface area contributed by atoms with Gasteiger partial charge in [0.15, 0.2) is 5.11 Å². The molecule has 4 aliphatic rings. The van der Waals surface area contributed by atoms with Crippen LogP contribution in [-0.2, 0) is 22.4 Å². The maximum absolute atomic E-state index is 14.7. The number of thiocarbonyl (C=S) groups is 1. The number of rotatable bonds is 8. The lowest BCUT2D eigenvalue weighted by Gasteiger charge is -2.26. The van der Waals surface area contributed by atoms with E-state index < -0.39 is 30.2 Å². The average molecular weight is 613 g/mol. The zero-order chi connectivity index (χ0) is 29.5. The Morgan fingerprint density at radius 3 is 2.54 bits per heavy atom. The van der Waals surface area contributed by atoms with Crippen molar-refractivity contribution in [2.75, 3.05) is 25.0 Å². The van der Waals surface area contributed by atoms with Gasteiger partial charge in [0.25, 0.3) is 11.8 Å². The number of hydrazine groups is 1. The van der Waals surface area contributed by atoms with E-state index in [-0.39, 0.29) is 35.4 Å². The number of ether oxygens (including phenoxy) is 1. The standard InChI is InChI=1S/C27H38F2N6O4S2/c1-26(2,3)39-25(38)35-12-19(27(28,29)13-35)31-24(40)34-33-16-8-9-18-17(10-16)20(22(37)30-11-14-4-5-14)23(41-18)32-21(36)15-6-7-15/h14-16,19,33H,4-13H2,1-3H3,(H,30,37)(H,32,36)(H2,31,34,40)/t16-,19?/m0/s1. The smallest absolute Gasteiger partial charge is 0.410 e. The van der Waals surface area contributed by atoms with Crippen molar-refractivity contribution in [3.05, 3.63) is 16.0 Å². The fraction of sp³-hybridized carbons (Fsp3) is 0.704. The molecule has 41 heavy (non-hydrogen) atoms. The van der Waals surface area contributed by atoms with Crippen molar-refractivity contribution in [2.24, 2.45) is 11.8 Å². The van der Waals surface area contributed by atoms with Crippen molar-refractivity contribution in [1.29, 1.82) is 0 Å². The van der Waals surface area contributed by atoms with Crippen LogP contribution in [-0.4, -0.2) is 71.2 Å². The maximum atomic E-state index is 14.7. The van der Waals surface area contributed by atoms with E-state index in [2.05, 4.69) is 26.8 Å². The number of carbonyl (C=O) groups excluding carboxylic acids is 3. The second-order valence-corrected chi connectivity index (χ2v) is 14.0. The number of thiophene rings is 1. The number of nitrogens with one attached hydrogen (secondary N) is 5. The second-order valence-electron chi connectivity index (χ2n) is 12.5. The van der Waals surface area contributed by atoms with E-state index in [1.807, 2.05) is 0 Å². The summed E-state index contributed by atoms with van der Waals surface area (Å²) in [5, 5.41) is 9.24. The van der Waals surface area contributed by atoms with Gasteiger partial charge < -0.3 is 20.7 Å². The van der Waals surface area contributed by atoms with Crippen LogP contribution < -0.4 is 26.8 Å². The molecule has 3 aliphatic carbocycles. The minimum atomic E-state index is -3.19. The van der Waals surface area contributed by atoms with Gasteiger partial charge in [-0.1, -0.05) is 0 Å². The van der Waals surface area contributed by atoms with Gasteiger partial charge in [-0.05, 0) is 89.4 Å². The van der Waals surface area contributed by atoms with Crippen LogP contribution in [0.5, 0.6) is 0 Å².